The number of likely N-dealkylation sites (tertiary alicyclic amines) is 2. The normalized spacial score (nSPS) is 27.3. The van der Waals surface area contributed by atoms with Crippen molar-refractivity contribution in [2.45, 2.75) is 64.1 Å². The van der Waals surface area contributed by atoms with Gasteiger partial charge in [0.15, 0.2) is 0 Å². The van der Waals surface area contributed by atoms with Crippen LogP contribution in [0.1, 0.15) is 46.0 Å². The minimum Gasteiger partial charge on any atom is -0.467 e. The lowest BCUT2D eigenvalue weighted by Crippen LogP contribution is -2.55. The van der Waals surface area contributed by atoms with Crippen LogP contribution in [0.4, 0.5) is 0 Å². The van der Waals surface area contributed by atoms with Crippen LogP contribution in [0.5, 0.6) is 0 Å². The Morgan fingerprint density at radius 2 is 1.84 bits per heavy atom. The van der Waals surface area contributed by atoms with Crippen molar-refractivity contribution in [2.24, 2.45) is 17.6 Å². The first-order valence-corrected chi connectivity index (χ1v) is 12.9. The van der Waals surface area contributed by atoms with Gasteiger partial charge in [0.25, 0.3) is 0 Å². The first-order chi connectivity index (χ1) is 14.9. The molecular formula is C22H40N4O4S. The molecule has 0 aromatic rings. The fourth-order valence-corrected chi connectivity index (χ4v) is 5.60. The molecule has 31 heavy (non-hydrogen) atoms. The van der Waals surface area contributed by atoms with Crippen molar-refractivity contribution >= 4 is 29.5 Å². The minimum atomic E-state index is -0.630. The van der Waals surface area contributed by atoms with Crippen LogP contribution < -0.4 is 11.1 Å². The largest absolute Gasteiger partial charge is 0.467 e. The maximum absolute atomic E-state index is 13.3. The summed E-state index contributed by atoms with van der Waals surface area (Å²) in [6.07, 6.45) is 6.34. The zero-order valence-electron chi connectivity index (χ0n) is 19.5. The predicted molar refractivity (Wildman–Crippen MR) is 124 cm³/mol. The molecule has 0 saturated carbocycles. The zero-order chi connectivity index (χ0) is 23.0. The third kappa shape index (κ3) is 6.35. The monoisotopic (exact) mass is 456 g/mol. The molecule has 2 saturated heterocycles. The van der Waals surface area contributed by atoms with Gasteiger partial charge in [-0.25, -0.2) is 4.79 Å². The van der Waals surface area contributed by atoms with E-state index in [4.69, 9.17) is 10.5 Å². The fraction of sp³-hybridized carbons (Fsp3) is 0.864. The van der Waals surface area contributed by atoms with E-state index in [1.54, 1.807) is 11.8 Å². The van der Waals surface area contributed by atoms with Gasteiger partial charge in [0, 0.05) is 19.1 Å². The molecule has 2 rings (SSSR count). The molecule has 2 aliphatic rings. The maximum Gasteiger partial charge on any atom is 0.328 e. The van der Waals surface area contributed by atoms with Crippen molar-refractivity contribution in [3.05, 3.63) is 0 Å². The molecule has 8 nitrogen and oxygen atoms in total. The fourth-order valence-electron chi connectivity index (χ4n) is 5.13. The summed E-state index contributed by atoms with van der Waals surface area (Å²) in [6.45, 7) is 6.51. The van der Waals surface area contributed by atoms with E-state index in [-0.39, 0.29) is 36.4 Å². The number of ether oxygens (including phenoxy) is 1. The summed E-state index contributed by atoms with van der Waals surface area (Å²) in [7, 11) is 1.35. The van der Waals surface area contributed by atoms with E-state index in [0.717, 1.165) is 44.5 Å². The molecule has 5 atom stereocenters. The van der Waals surface area contributed by atoms with E-state index in [0.29, 0.717) is 18.9 Å². The standard InChI is InChI=1S/C22H40N4O4S/c1-5-15-8-11-26(19(27)13-23)18(15)14-25-10-7-16(6-2)20(25)21(28)24-17(9-12-31-4)22(29)30-3/h15-18,20H,5-14,23H2,1-4H3,(H,24,28)/t15-,16-,17?,18+,20?/m0/s1. The summed E-state index contributed by atoms with van der Waals surface area (Å²) in [6, 6.07) is -0.839. The van der Waals surface area contributed by atoms with E-state index in [9.17, 15) is 14.4 Å². The van der Waals surface area contributed by atoms with Gasteiger partial charge in [-0.3, -0.25) is 14.5 Å². The molecule has 0 aromatic carbocycles. The molecule has 2 fully saturated rings. The summed E-state index contributed by atoms with van der Waals surface area (Å²) in [4.78, 5) is 42.1. The van der Waals surface area contributed by atoms with E-state index >= 15 is 0 Å². The first kappa shape index (κ1) is 25.9. The molecular weight excluding hydrogens is 416 g/mol. The van der Waals surface area contributed by atoms with Gasteiger partial charge in [-0.1, -0.05) is 26.7 Å². The second-order valence-electron chi connectivity index (χ2n) is 8.58. The van der Waals surface area contributed by atoms with Crippen LogP contribution >= 0.6 is 11.8 Å². The second kappa shape index (κ2) is 12.6. The van der Waals surface area contributed by atoms with Crippen molar-refractivity contribution in [3.8, 4) is 0 Å². The highest BCUT2D eigenvalue weighted by Gasteiger charge is 2.43. The van der Waals surface area contributed by atoms with Crippen LogP contribution in [0.2, 0.25) is 0 Å². The van der Waals surface area contributed by atoms with Gasteiger partial charge < -0.3 is 20.7 Å². The number of rotatable bonds is 11. The Balaban J connectivity index is 2.16. The summed E-state index contributed by atoms with van der Waals surface area (Å²) in [5.74, 6) is 0.895. The van der Waals surface area contributed by atoms with Crippen LogP contribution in [0.25, 0.3) is 0 Å². The van der Waals surface area contributed by atoms with Gasteiger partial charge in [0.05, 0.1) is 19.7 Å². The molecule has 0 aliphatic carbocycles. The molecule has 178 valence electrons. The lowest BCUT2D eigenvalue weighted by atomic mass is 9.94. The number of nitrogens with zero attached hydrogens (tertiary/aromatic N) is 2. The van der Waals surface area contributed by atoms with E-state index in [2.05, 4.69) is 24.1 Å². The number of amides is 2. The summed E-state index contributed by atoms with van der Waals surface area (Å²) >= 11 is 1.63. The SMILES string of the molecule is CC[C@H]1CCN(C[C@@H]2[C@@H](CC)CCN2C(=O)CN)C1C(=O)NC(CCSC)C(=O)OC. The molecule has 0 aromatic heterocycles. The number of thioether (sulfide) groups is 1. The summed E-state index contributed by atoms with van der Waals surface area (Å²) in [5.41, 5.74) is 5.65. The predicted octanol–water partition coefficient (Wildman–Crippen LogP) is 1.08. The van der Waals surface area contributed by atoms with Crippen molar-refractivity contribution in [1.82, 2.24) is 15.1 Å². The first-order valence-electron chi connectivity index (χ1n) is 11.5. The number of nitrogens with two attached hydrogens (primary N) is 1. The highest BCUT2D eigenvalue weighted by Crippen LogP contribution is 2.33. The van der Waals surface area contributed by atoms with Crippen LogP contribution in [0.15, 0.2) is 0 Å². The van der Waals surface area contributed by atoms with Crippen LogP contribution in [-0.4, -0.2) is 91.0 Å². The number of hydrogen-bond donors (Lipinski definition) is 2. The molecule has 0 radical (unpaired) electrons. The van der Waals surface area contributed by atoms with Gasteiger partial charge in [-0.15, -0.1) is 0 Å². The molecule has 0 spiro atoms. The number of esters is 1. The van der Waals surface area contributed by atoms with E-state index < -0.39 is 12.0 Å². The van der Waals surface area contributed by atoms with Crippen LogP contribution in [-0.2, 0) is 19.1 Å². The van der Waals surface area contributed by atoms with E-state index in [1.165, 1.54) is 7.11 Å². The van der Waals surface area contributed by atoms with Gasteiger partial charge >= 0.3 is 5.97 Å². The molecule has 9 heteroatoms. The van der Waals surface area contributed by atoms with Crippen LogP contribution in [0.3, 0.4) is 0 Å². The third-order valence-electron chi connectivity index (χ3n) is 6.96. The average molecular weight is 457 g/mol. The number of carbonyl (C=O) groups excluding carboxylic acids is 3. The Hall–Kier alpha value is -1.32. The van der Waals surface area contributed by atoms with Gasteiger partial charge in [0.1, 0.15) is 6.04 Å². The van der Waals surface area contributed by atoms with Crippen LogP contribution in [0, 0.1) is 11.8 Å². The Morgan fingerprint density at radius 3 is 2.42 bits per heavy atom. The quantitative estimate of drug-likeness (QED) is 0.448. The number of methoxy groups -OCH3 is 1. The molecule has 0 bridgehead atoms. The highest BCUT2D eigenvalue weighted by atomic mass is 32.2. The molecule has 2 heterocycles. The average Bonchev–Trinajstić information content (AvgIpc) is 3.39. The summed E-state index contributed by atoms with van der Waals surface area (Å²) < 4.78 is 4.91. The van der Waals surface area contributed by atoms with Crippen molar-refractivity contribution in [2.75, 3.05) is 45.3 Å². The van der Waals surface area contributed by atoms with Gasteiger partial charge in [-0.05, 0) is 49.7 Å². The van der Waals surface area contributed by atoms with E-state index in [1.807, 2.05) is 11.2 Å². The lowest BCUT2D eigenvalue weighted by molar-refractivity contribution is -0.146. The van der Waals surface area contributed by atoms with Crippen molar-refractivity contribution in [1.29, 1.82) is 0 Å². The smallest absolute Gasteiger partial charge is 0.328 e. The Bertz CT molecular complexity index is 620. The topological polar surface area (TPSA) is 105 Å². The summed E-state index contributed by atoms with van der Waals surface area (Å²) in [5, 5.41) is 2.96. The maximum atomic E-state index is 13.3. The Kier molecular flexibility index (Phi) is 10.6. The molecule has 2 aliphatic heterocycles. The van der Waals surface area contributed by atoms with Crippen molar-refractivity contribution < 1.29 is 19.1 Å². The molecule has 2 unspecified atom stereocenters. The zero-order valence-corrected chi connectivity index (χ0v) is 20.3. The lowest BCUT2D eigenvalue weighted by Gasteiger charge is -2.35. The minimum absolute atomic E-state index is 0.0176. The Labute approximate surface area is 191 Å². The van der Waals surface area contributed by atoms with Crippen molar-refractivity contribution in [3.63, 3.8) is 0 Å². The number of nitrogens with one attached hydrogen (secondary N) is 1. The molecule has 2 amide bonds. The molecule has 3 N–H and O–H groups in total. The number of carbonyl (C=O) groups is 3. The Morgan fingerprint density at radius 1 is 1.16 bits per heavy atom. The second-order valence-corrected chi connectivity index (χ2v) is 9.56. The highest BCUT2D eigenvalue weighted by molar-refractivity contribution is 7.98. The number of hydrogen-bond acceptors (Lipinski definition) is 7. The third-order valence-corrected chi connectivity index (χ3v) is 7.60. The van der Waals surface area contributed by atoms with Gasteiger partial charge in [0.2, 0.25) is 11.8 Å². The van der Waals surface area contributed by atoms with Gasteiger partial charge in [-0.2, -0.15) is 11.8 Å².